The third kappa shape index (κ3) is 3.40. The average Bonchev–Trinajstić information content (AvgIpc) is 2.97. The monoisotopic (exact) mass is 275 g/mol. The molecule has 0 bridgehead atoms. The number of aromatic nitrogens is 2. The number of nitrogens with one attached hydrogen (secondary N) is 1. The summed E-state index contributed by atoms with van der Waals surface area (Å²) in [5.41, 5.74) is 0.295. The molecule has 0 saturated heterocycles. The fraction of sp³-hybridized carbons (Fsp3) is 0.154. The van der Waals surface area contributed by atoms with Gasteiger partial charge in [-0.15, -0.1) is 0 Å². The van der Waals surface area contributed by atoms with Crippen LogP contribution in [0.5, 0.6) is 0 Å². The molecular formula is C13H10FN3O3. The van der Waals surface area contributed by atoms with Crippen molar-refractivity contribution < 1.29 is 18.8 Å². The summed E-state index contributed by atoms with van der Waals surface area (Å²) in [4.78, 5) is 15.6. The number of aliphatic hydroxyl groups excluding tert-OH is 1. The van der Waals surface area contributed by atoms with E-state index in [1.807, 2.05) is 0 Å². The highest BCUT2D eigenvalue weighted by atomic mass is 19.1. The van der Waals surface area contributed by atoms with Crippen LogP contribution in [0.1, 0.15) is 21.7 Å². The number of aliphatic hydroxyl groups is 1. The van der Waals surface area contributed by atoms with Crippen LogP contribution in [0.3, 0.4) is 0 Å². The van der Waals surface area contributed by atoms with E-state index in [1.54, 1.807) is 0 Å². The van der Waals surface area contributed by atoms with Crippen LogP contribution < -0.4 is 5.32 Å². The number of halogens is 1. The maximum atomic E-state index is 13.6. The lowest BCUT2D eigenvalue weighted by Crippen LogP contribution is -2.24. The van der Waals surface area contributed by atoms with Crippen molar-refractivity contribution in [3.8, 4) is 11.8 Å². The fourth-order valence-corrected chi connectivity index (χ4v) is 1.44. The Morgan fingerprint density at radius 1 is 1.50 bits per heavy atom. The summed E-state index contributed by atoms with van der Waals surface area (Å²) >= 11 is 0. The normalized spacial score (nSPS) is 9.70. The zero-order valence-corrected chi connectivity index (χ0v) is 10.3. The van der Waals surface area contributed by atoms with E-state index < -0.39 is 11.7 Å². The van der Waals surface area contributed by atoms with E-state index in [4.69, 9.17) is 5.11 Å². The second-order valence-corrected chi connectivity index (χ2v) is 3.68. The SMILES string of the molecule is O=C(NCc1ncon1)c1cc(C#CCO)ccc1F. The Morgan fingerprint density at radius 3 is 3.05 bits per heavy atom. The van der Waals surface area contributed by atoms with Gasteiger partial charge in [0.25, 0.3) is 5.91 Å². The standard InChI is InChI=1S/C13H10FN3O3/c14-11-4-3-9(2-1-5-18)6-10(11)13(19)15-7-12-16-8-20-17-12/h3-4,6,8,18H,5,7H2,(H,15,19). The largest absolute Gasteiger partial charge is 0.384 e. The number of benzene rings is 1. The molecule has 1 heterocycles. The van der Waals surface area contributed by atoms with Gasteiger partial charge >= 0.3 is 0 Å². The quantitative estimate of drug-likeness (QED) is 0.795. The first kappa shape index (κ1) is 13.7. The van der Waals surface area contributed by atoms with E-state index in [9.17, 15) is 9.18 Å². The Labute approximate surface area is 113 Å². The molecule has 0 aliphatic carbocycles. The second kappa shape index (κ2) is 6.45. The molecule has 6 nitrogen and oxygen atoms in total. The summed E-state index contributed by atoms with van der Waals surface area (Å²) in [6.07, 6.45) is 1.13. The lowest BCUT2D eigenvalue weighted by molar-refractivity contribution is 0.0945. The number of rotatable bonds is 3. The number of amides is 1. The van der Waals surface area contributed by atoms with Crippen LogP contribution in [0, 0.1) is 17.7 Å². The minimum atomic E-state index is -0.662. The van der Waals surface area contributed by atoms with Crippen LogP contribution >= 0.6 is 0 Å². The van der Waals surface area contributed by atoms with Crippen LogP contribution in [-0.2, 0) is 6.54 Å². The summed E-state index contributed by atoms with van der Waals surface area (Å²) in [6, 6.07) is 3.88. The minimum absolute atomic E-state index is 0.0291. The lowest BCUT2D eigenvalue weighted by Gasteiger charge is -2.04. The van der Waals surface area contributed by atoms with Gasteiger partial charge < -0.3 is 14.9 Å². The number of hydrogen-bond acceptors (Lipinski definition) is 5. The zero-order chi connectivity index (χ0) is 14.4. The minimum Gasteiger partial charge on any atom is -0.384 e. The summed E-state index contributed by atoms with van der Waals surface area (Å²) in [5, 5.41) is 14.6. The fourth-order valence-electron chi connectivity index (χ4n) is 1.44. The van der Waals surface area contributed by atoms with Gasteiger partial charge in [0.2, 0.25) is 6.39 Å². The third-order valence-electron chi connectivity index (χ3n) is 2.34. The smallest absolute Gasteiger partial charge is 0.254 e. The highest BCUT2D eigenvalue weighted by Gasteiger charge is 2.12. The van der Waals surface area contributed by atoms with Crippen LogP contribution in [0.4, 0.5) is 4.39 Å². The molecule has 0 radical (unpaired) electrons. The molecule has 7 heteroatoms. The average molecular weight is 275 g/mol. The molecule has 0 atom stereocenters. The second-order valence-electron chi connectivity index (χ2n) is 3.68. The van der Waals surface area contributed by atoms with Gasteiger partial charge in [-0.05, 0) is 18.2 Å². The van der Waals surface area contributed by atoms with E-state index in [0.29, 0.717) is 5.56 Å². The molecule has 0 fully saturated rings. The topological polar surface area (TPSA) is 88.3 Å². The van der Waals surface area contributed by atoms with Crippen LogP contribution in [0.25, 0.3) is 0 Å². The summed E-state index contributed by atoms with van der Waals surface area (Å²) in [7, 11) is 0. The van der Waals surface area contributed by atoms with Crippen molar-refractivity contribution in [1.29, 1.82) is 0 Å². The molecule has 20 heavy (non-hydrogen) atoms. The van der Waals surface area contributed by atoms with Gasteiger partial charge in [0.15, 0.2) is 5.82 Å². The van der Waals surface area contributed by atoms with E-state index in [-0.39, 0.29) is 24.5 Å². The Bertz CT molecular complexity index is 659. The summed E-state index contributed by atoms with van der Waals surface area (Å²) < 4.78 is 18.1. The van der Waals surface area contributed by atoms with E-state index in [0.717, 1.165) is 12.5 Å². The van der Waals surface area contributed by atoms with Crippen LogP contribution in [0.15, 0.2) is 29.1 Å². The molecule has 2 aromatic rings. The molecule has 2 rings (SSSR count). The van der Waals surface area contributed by atoms with E-state index >= 15 is 0 Å². The molecule has 1 aromatic heterocycles. The van der Waals surface area contributed by atoms with Crippen LogP contribution in [-0.4, -0.2) is 27.8 Å². The Kier molecular flexibility index (Phi) is 4.42. The van der Waals surface area contributed by atoms with Crippen LogP contribution in [0.2, 0.25) is 0 Å². The molecular weight excluding hydrogens is 265 g/mol. The number of hydrogen-bond donors (Lipinski definition) is 2. The first-order valence-electron chi connectivity index (χ1n) is 5.63. The van der Waals surface area contributed by atoms with Crippen molar-refractivity contribution in [2.75, 3.05) is 6.61 Å². The summed E-state index contributed by atoms with van der Waals surface area (Å²) in [6.45, 7) is -0.280. The predicted octanol–water partition coefficient (Wildman–Crippen LogP) is 0.482. The lowest BCUT2D eigenvalue weighted by atomic mass is 10.1. The molecule has 1 amide bonds. The molecule has 0 unspecified atom stereocenters. The number of carbonyl (C=O) groups excluding carboxylic acids is 1. The van der Waals surface area contributed by atoms with Crippen molar-refractivity contribution in [1.82, 2.24) is 15.5 Å². The molecule has 0 aliphatic heterocycles. The van der Waals surface area contributed by atoms with Gasteiger partial charge in [-0.3, -0.25) is 4.79 Å². The maximum absolute atomic E-state index is 13.6. The number of nitrogens with zero attached hydrogens (tertiary/aromatic N) is 2. The maximum Gasteiger partial charge on any atom is 0.254 e. The van der Waals surface area contributed by atoms with Gasteiger partial charge in [-0.25, -0.2) is 4.39 Å². The van der Waals surface area contributed by atoms with E-state index in [1.165, 1.54) is 12.1 Å². The molecule has 0 aliphatic rings. The van der Waals surface area contributed by atoms with E-state index in [2.05, 4.69) is 31.8 Å². The van der Waals surface area contributed by atoms with Crippen molar-refractivity contribution in [2.45, 2.75) is 6.54 Å². The zero-order valence-electron chi connectivity index (χ0n) is 10.3. The van der Waals surface area contributed by atoms with Crippen molar-refractivity contribution in [2.24, 2.45) is 0 Å². The van der Waals surface area contributed by atoms with Gasteiger partial charge in [0.1, 0.15) is 12.4 Å². The predicted molar refractivity (Wildman–Crippen MR) is 65.8 cm³/mol. The molecule has 102 valence electrons. The molecule has 2 N–H and O–H groups in total. The van der Waals surface area contributed by atoms with Gasteiger partial charge in [-0.2, -0.15) is 4.98 Å². The first-order chi connectivity index (χ1) is 9.70. The Hall–Kier alpha value is -2.72. The first-order valence-corrected chi connectivity index (χ1v) is 5.63. The van der Waals surface area contributed by atoms with Gasteiger partial charge in [-0.1, -0.05) is 17.0 Å². The van der Waals surface area contributed by atoms with Crippen molar-refractivity contribution in [3.05, 3.63) is 47.4 Å². The van der Waals surface area contributed by atoms with Crippen molar-refractivity contribution >= 4 is 5.91 Å². The van der Waals surface area contributed by atoms with Gasteiger partial charge in [0, 0.05) is 5.56 Å². The highest BCUT2D eigenvalue weighted by Crippen LogP contribution is 2.10. The highest BCUT2D eigenvalue weighted by molar-refractivity contribution is 5.94. The molecule has 0 saturated carbocycles. The molecule has 0 spiro atoms. The molecule has 1 aromatic carbocycles. The Balaban J connectivity index is 2.12. The third-order valence-corrected chi connectivity index (χ3v) is 2.34. The van der Waals surface area contributed by atoms with Gasteiger partial charge in [0.05, 0.1) is 12.1 Å². The Morgan fingerprint density at radius 2 is 2.35 bits per heavy atom. The number of carbonyl (C=O) groups is 1. The summed E-state index contributed by atoms with van der Waals surface area (Å²) in [5.74, 6) is 4.04. The van der Waals surface area contributed by atoms with Crippen molar-refractivity contribution in [3.63, 3.8) is 0 Å².